The third kappa shape index (κ3) is 5.15. The van der Waals surface area contributed by atoms with Gasteiger partial charge in [0.25, 0.3) is 0 Å². The van der Waals surface area contributed by atoms with E-state index in [4.69, 9.17) is 4.42 Å². The molecule has 2 heterocycles. The first kappa shape index (κ1) is 34.4. The van der Waals surface area contributed by atoms with Gasteiger partial charge >= 0.3 is 0 Å². The Kier molecular flexibility index (Phi) is 7.58. The number of benzene rings is 9. The molecule has 12 rings (SSSR count). The summed E-state index contributed by atoms with van der Waals surface area (Å²) in [5.41, 5.74) is 18.5. The number of aromatic nitrogens is 1. The van der Waals surface area contributed by atoms with E-state index < -0.39 is 0 Å². The standard InChI is InChI=1S/C57H40N2O/c1-57(2)51-36-43(32-33-45(51)48-21-13-20-44(54(48)57)39-16-7-4-8-17-39)58(40-26-24-38(25-27-40)37-14-5-3-6-15-37)41-28-30-42(31-29-41)59-52-22-11-9-18-46(52)49-34-35-50-47-19-10-12-23-53(47)60-56(50)55(49)59/h3-36H,1-2H3. The molecule has 0 bridgehead atoms. The Morgan fingerprint density at radius 1 is 0.433 bits per heavy atom. The third-order valence-corrected chi connectivity index (χ3v) is 12.8. The second-order valence-electron chi connectivity index (χ2n) is 16.5. The maximum atomic E-state index is 6.66. The van der Waals surface area contributed by atoms with Gasteiger partial charge in [-0.25, -0.2) is 0 Å². The van der Waals surface area contributed by atoms with Crippen LogP contribution >= 0.6 is 0 Å². The summed E-state index contributed by atoms with van der Waals surface area (Å²) >= 11 is 0. The molecule has 3 nitrogen and oxygen atoms in total. The number of hydrogen-bond acceptors (Lipinski definition) is 2. The lowest BCUT2D eigenvalue weighted by molar-refractivity contribution is 0.662. The van der Waals surface area contributed by atoms with Crippen molar-refractivity contribution in [2.45, 2.75) is 19.3 Å². The highest BCUT2D eigenvalue weighted by molar-refractivity contribution is 6.21. The normalized spacial score (nSPS) is 13.0. The highest BCUT2D eigenvalue weighted by Gasteiger charge is 2.38. The summed E-state index contributed by atoms with van der Waals surface area (Å²) in [6.45, 7) is 4.76. The van der Waals surface area contributed by atoms with E-state index in [1.807, 2.05) is 6.07 Å². The van der Waals surface area contributed by atoms with Gasteiger partial charge in [-0.3, -0.25) is 0 Å². The number of nitrogens with zero attached hydrogens (tertiary/aromatic N) is 2. The monoisotopic (exact) mass is 768 g/mol. The van der Waals surface area contributed by atoms with Gasteiger partial charge in [-0.15, -0.1) is 0 Å². The maximum Gasteiger partial charge on any atom is 0.160 e. The molecule has 0 spiro atoms. The van der Waals surface area contributed by atoms with Crippen LogP contribution in [0.1, 0.15) is 25.0 Å². The van der Waals surface area contributed by atoms with Crippen molar-refractivity contribution >= 4 is 60.8 Å². The molecule has 11 aromatic rings. The number of fused-ring (bicyclic) bond motifs is 10. The van der Waals surface area contributed by atoms with E-state index in [2.05, 4.69) is 224 Å². The molecule has 284 valence electrons. The molecule has 0 saturated heterocycles. The van der Waals surface area contributed by atoms with Crippen LogP contribution < -0.4 is 4.90 Å². The molecule has 3 heteroatoms. The second-order valence-corrected chi connectivity index (χ2v) is 16.5. The lowest BCUT2D eigenvalue weighted by Gasteiger charge is -2.29. The summed E-state index contributed by atoms with van der Waals surface area (Å²) in [6, 6.07) is 74.8. The molecule has 0 fully saturated rings. The third-order valence-electron chi connectivity index (χ3n) is 12.8. The summed E-state index contributed by atoms with van der Waals surface area (Å²) in [5, 5.41) is 4.64. The minimum absolute atomic E-state index is 0.210. The van der Waals surface area contributed by atoms with Crippen LogP contribution in [0.2, 0.25) is 0 Å². The Hall–Kier alpha value is -7.62. The van der Waals surface area contributed by atoms with Gasteiger partial charge in [-0.1, -0.05) is 153 Å². The van der Waals surface area contributed by atoms with Crippen molar-refractivity contribution in [1.82, 2.24) is 4.57 Å². The topological polar surface area (TPSA) is 21.3 Å². The molecule has 0 atom stereocenters. The van der Waals surface area contributed by atoms with E-state index in [9.17, 15) is 0 Å². The summed E-state index contributed by atoms with van der Waals surface area (Å²) in [4.78, 5) is 2.40. The Bertz CT molecular complexity index is 3430. The van der Waals surface area contributed by atoms with Crippen LogP contribution in [0.3, 0.4) is 0 Å². The highest BCUT2D eigenvalue weighted by Crippen LogP contribution is 2.54. The lowest BCUT2D eigenvalue weighted by Crippen LogP contribution is -2.17. The van der Waals surface area contributed by atoms with Crippen molar-refractivity contribution in [2.75, 3.05) is 4.90 Å². The summed E-state index contributed by atoms with van der Waals surface area (Å²) in [6.07, 6.45) is 0. The van der Waals surface area contributed by atoms with Crippen molar-refractivity contribution in [3.8, 4) is 39.1 Å². The maximum absolute atomic E-state index is 6.66. The van der Waals surface area contributed by atoms with Crippen molar-refractivity contribution in [2.24, 2.45) is 0 Å². The quantitative estimate of drug-likeness (QED) is 0.168. The fourth-order valence-electron chi connectivity index (χ4n) is 10.00. The van der Waals surface area contributed by atoms with Gasteiger partial charge in [-0.2, -0.15) is 0 Å². The first-order valence-corrected chi connectivity index (χ1v) is 20.8. The van der Waals surface area contributed by atoms with Crippen molar-refractivity contribution in [1.29, 1.82) is 0 Å². The summed E-state index contributed by atoms with van der Waals surface area (Å²) < 4.78 is 9.03. The van der Waals surface area contributed by atoms with E-state index in [0.717, 1.165) is 55.7 Å². The van der Waals surface area contributed by atoms with Gasteiger partial charge in [-0.05, 0) is 111 Å². The largest absolute Gasteiger partial charge is 0.454 e. The Labute approximate surface area is 349 Å². The molecule has 2 aromatic heterocycles. The minimum Gasteiger partial charge on any atom is -0.454 e. The summed E-state index contributed by atoms with van der Waals surface area (Å²) in [7, 11) is 0. The fourth-order valence-corrected chi connectivity index (χ4v) is 10.00. The average molecular weight is 769 g/mol. The Balaban J connectivity index is 1.02. The van der Waals surface area contributed by atoms with Crippen LogP contribution in [0, 0.1) is 0 Å². The van der Waals surface area contributed by atoms with Crippen LogP contribution in [0.4, 0.5) is 17.1 Å². The highest BCUT2D eigenvalue weighted by atomic mass is 16.3. The average Bonchev–Trinajstić information content (AvgIpc) is 3.93. The van der Waals surface area contributed by atoms with Crippen molar-refractivity contribution in [3.05, 3.63) is 217 Å². The first-order chi connectivity index (χ1) is 29.5. The second kappa shape index (κ2) is 13.2. The number of anilines is 3. The van der Waals surface area contributed by atoms with Gasteiger partial charge in [0, 0.05) is 49.7 Å². The van der Waals surface area contributed by atoms with E-state index in [0.29, 0.717) is 0 Å². The zero-order valence-electron chi connectivity index (χ0n) is 33.4. The van der Waals surface area contributed by atoms with Gasteiger partial charge in [0.1, 0.15) is 5.58 Å². The van der Waals surface area contributed by atoms with E-state index >= 15 is 0 Å². The number of furan rings is 1. The molecule has 0 N–H and O–H groups in total. The molecule has 0 radical (unpaired) electrons. The lowest BCUT2D eigenvalue weighted by atomic mass is 9.78. The van der Waals surface area contributed by atoms with Crippen LogP contribution in [-0.2, 0) is 5.41 Å². The van der Waals surface area contributed by atoms with Crippen LogP contribution in [0.15, 0.2) is 211 Å². The SMILES string of the molecule is CC1(C)c2cc(N(c3ccc(-c4ccccc4)cc3)c3ccc(-n4c5ccccc5c5ccc6c7ccccc7oc6c54)cc3)ccc2-c2cccc(-c3ccccc3)c21. The van der Waals surface area contributed by atoms with Crippen LogP contribution in [-0.4, -0.2) is 4.57 Å². The Morgan fingerprint density at radius 2 is 1.03 bits per heavy atom. The molecule has 9 aromatic carbocycles. The molecular weight excluding hydrogens is 729 g/mol. The predicted octanol–water partition coefficient (Wildman–Crippen LogP) is 15.8. The van der Waals surface area contributed by atoms with E-state index in [1.54, 1.807) is 0 Å². The molecule has 0 amide bonds. The molecule has 0 saturated carbocycles. The summed E-state index contributed by atoms with van der Waals surface area (Å²) in [5.74, 6) is 0. The molecular formula is C57H40N2O. The van der Waals surface area contributed by atoms with E-state index in [-0.39, 0.29) is 5.41 Å². The van der Waals surface area contributed by atoms with Gasteiger partial charge in [0.2, 0.25) is 0 Å². The number of para-hydroxylation sites is 2. The molecule has 0 unspecified atom stereocenters. The van der Waals surface area contributed by atoms with Crippen LogP contribution in [0.5, 0.6) is 0 Å². The molecule has 1 aliphatic carbocycles. The van der Waals surface area contributed by atoms with E-state index in [1.165, 1.54) is 55.3 Å². The van der Waals surface area contributed by atoms with Crippen LogP contribution in [0.25, 0.3) is 82.8 Å². The van der Waals surface area contributed by atoms with Gasteiger partial charge in [0.15, 0.2) is 5.58 Å². The molecule has 0 aliphatic heterocycles. The number of hydrogen-bond donors (Lipinski definition) is 0. The Morgan fingerprint density at radius 3 is 1.80 bits per heavy atom. The smallest absolute Gasteiger partial charge is 0.160 e. The minimum atomic E-state index is -0.210. The predicted molar refractivity (Wildman–Crippen MR) is 251 cm³/mol. The van der Waals surface area contributed by atoms with Crippen molar-refractivity contribution in [3.63, 3.8) is 0 Å². The first-order valence-electron chi connectivity index (χ1n) is 20.8. The van der Waals surface area contributed by atoms with Gasteiger partial charge in [0.05, 0.1) is 11.0 Å². The number of rotatable bonds is 6. The molecule has 60 heavy (non-hydrogen) atoms. The van der Waals surface area contributed by atoms with Crippen molar-refractivity contribution < 1.29 is 4.42 Å². The zero-order chi connectivity index (χ0) is 40.0. The fraction of sp³-hybridized carbons (Fsp3) is 0.0526. The van der Waals surface area contributed by atoms with Gasteiger partial charge < -0.3 is 13.9 Å². The zero-order valence-corrected chi connectivity index (χ0v) is 33.4. The molecule has 1 aliphatic rings.